The summed E-state index contributed by atoms with van der Waals surface area (Å²) in [5.74, 6) is -0.264. The van der Waals surface area contributed by atoms with Crippen molar-refractivity contribution in [3.63, 3.8) is 0 Å². The highest BCUT2D eigenvalue weighted by molar-refractivity contribution is 5.76. The fourth-order valence-corrected chi connectivity index (χ4v) is 2.76. The molecule has 5 heteroatoms. The number of nitrogens with two attached hydrogens (primary N) is 1. The summed E-state index contributed by atoms with van der Waals surface area (Å²) >= 11 is 0. The summed E-state index contributed by atoms with van der Waals surface area (Å²) in [6.07, 6.45) is 3.53. The molecule has 0 aromatic heterocycles. The molecule has 0 bridgehead atoms. The van der Waals surface area contributed by atoms with E-state index in [0.717, 1.165) is 25.8 Å². The highest BCUT2D eigenvalue weighted by Crippen LogP contribution is 2.29. The molecule has 3 unspecified atom stereocenters. The number of nitrogens with zero attached hydrogens (tertiary/aromatic N) is 1. The normalized spacial score (nSPS) is 35.7. The molecule has 1 aliphatic carbocycles. The maximum Gasteiger partial charge on any atom is 0.231 e. The van der Waals surface area contributed by atoms with Gasteiger partial charge in [0.1, 0.15) is 0 Å². The molecule has 1 heterocycles. The number of hydrogen-bond donors (Lipinski definition) is 1. The van der Waals surface area contributed by atoms with Crippen LogP contribution in [0, 0.1) is 0 Å². The average Bonchev–Trinajstić information content (AvgIpc) is 2.28. The lowest BCUT2D eigenvalue weighted by Crippen LogP contribution is -2.56. The van der Waals surface area contributed by atoms with Crippen molar-refractivity contribution in [3.05, 3.63) is 0 Å². The number of primary amides is 1. The minimum absolute atomic E-state index is 0.250. The maximum absolute atomic E-state index is 11.0. The second-order valence-corrected chi connectivity index (χ2v) is 4.58. The van der Waals surface area contributed by atoms with E-state index in [2.05, 4.69) is 4.90 Å². The number of morpholine rings is 1. The largest absolute Gasteiger partial charge is 0.381 e. The molecule has 1 saturated heterocycles. The van der Waals surface area contributed by atoms with Crippen molar-refractivity contribution in [2.24, 2.45) is 5.73 Å². The summed E-state index contributed by atoms with van der Waals surface area (Å²) in [5, 5.41) is 0. The maximum atomic E-state index is 11.0. The molecule has 0 aromatic carbocycles. The molecule has 2 N–H and O–H groups in total. The topological polar surface area (TPSA) is 64.8 Å². The summed E-state index contributed by atoms with van der Waals surface area (Å²) in [6, 6.07) is 0.292. The third kappa shape index (κ3) is 2.53. The van der Waals surface area contributed by atoms with Crippen molar-refractivity contribution in [3.8, 4) is 0 Å². The quantitative estimate of drug-likeness (QED) is 0.723. The van der Waals surface area contributed by atoms with Gasteiger partial charge in [-0.15, -0.1) is 0 Å². The molecule has 0 aromatic rings. The molecule has 2 rings (SSSR count). The molecule has 1 saturated carbocycles. The van der Waals surface area contributed by atoms with Crippen molar-refractivity contribution in [1.82, 2.24) is 4.90 Å². The van der Waals surface area contributed by atoms with Crippen LogP contribution in [0.2, 0.25) is 0 Å². The number of methoxy groups -OCH3 is 1. The first-order chi connectivity index (χ1) is 7.70. The monoisotopic (exact) mass is 228 g/mol. The molecule has 1 amide bonds. The minimum Gasteiger partial charge on any atom is -0.381 e. The van der Waals surface area contributed by atoms with Gasteiger partial charge in [-0.3, -0.25) is 9.69 Å². The standard InChI is InChI=1S/C11H20N2O3/c1-15-8-2-3-10-9(6-8)13(4-5-16-10)7-11(12)14/h8-10H,2-7H2,1H3,(H2,12,14). The van der Waals surface area contributed by atoms with Gasteiger partial charge in [-0.05, 0) is 19.3 Å². The van der Waals surface area contributed by atoms with E-state index >= 15 is 0 Å². The Morgan fingerprint density at radius 3 is 3.06 bits per heavy atom. The smallest absolute Gasteiger partial charge is 0.231 e. The van der Waals surface area contributed by atoms with Gasteiger partial charge in [-0.25, -0.2) is 0 Å². The second-order valence-electron chi connectivity index (χ2n) is 4.58. The van der Waals surface area contributed by atoms with Crippen molar-refractivity contribution in [2.45, 2.75) is 37.5 Å². The summed E-state index contributed by atoms with van der Waals surface area (Å²) in [7, 11) is 1.74. The van der Waals surface area contributed by atoms with E-state index in [9.17, 15) is 4.79 Å². The molecular formula is C11H20N2O3. The molecule has 0 radical (unpaired) electrons. The van der Waals surface area contributed by atoms with Crippen LogP contribution in [0.3, 0.4) is 0 Å². The Hall–Kier alpha value is -0.650. The van der Waals surface area contributed by atoms with E-state index in [1.165, 1.54) is 0 Å². The number of amides is 1. The zero-order chi connectivity index (χ0) is 11.5. The van der Waals surface area contributed by atoms with Crippen LogP contribution in [0.1, 0.15) is 19.3 Å². The summed E-state index contributed by atoms with van der Waals surface area (Å²) in [6.45, 7) is 1.83. The van der Waals surface area contributed by atoms with Crippen molar-refractivity contribution >= 4 is 5.91 Å². The molecule has 5 nitrogen and oxygen atoms in total. The first-order valence-corrected chi connectivity index (χ1v) is 5.87. The van der Waals surface area contributed by atoms with Gasteiger partial charge in [0.15, 0.2) is 0 Å². The molecule has 92 valence electrons. The third-order valence-corrected chi connectivity index (χ3v) is 3.58. The van der Waals surface area contributed by atoms with E-state index in [1.807, 2.05) is 0 Å². The fraction of sp³-hybridized carbons (Fsp3) is 0.909. The van der Waals surface area contributed by atoms with E-state index in [0.29, 0.717) is 25.3 Å². The Morgan fingerprint density at radius 1 is 1.56 bits per heavy atom. The number of hydrogen-bond acceptors (Lipinski definition) is 4. The van der Waals surface area contributed by atoms with Crippen LogP contribution in [0.4, 0.5) is 0 Å². The van der Waals surface area contributed by atoms with E-state index in [1.54, 1.807) is 7.11 Å². The third-order valence-electron chi connectivity index (χ3n) is 3.58. The average molecular weight is 228 g/mol. The van der Waals surface area contributed by atoms with Crippen LogP contribution in [0.25, 0.3) is 0 Å². The SMILES string of the molecule is COC1CCC2OCCN(CC(N)=O)C2C1. The van der Waals surface area contributed by atoms with Crippen LogP contribution in [-0.4, -0.2) is 55.9 Å². The van der Waals surface area contributed by atoms with Crippen molar-refractivity contribution in [2.75, 3.05) is 26.8 Å². The Bertz CT molecular complexity index is 260. The molecule has 2 fully saturated rings. The number of ether oxygens (including phenoxy) is 2. The zero-order valence-corrected chi connectivity index (χ0v) is 9.72. The van der Waals surface area contributed by atoms with Crippen LogP contribution >= 0.6 is 0 Å². The highest BCUT2D eigenvalue weighted by Gasteiger charge is 2.38. The molecule has 0 spiro atoms. The van der Waals surface area contributed by atoms with Crippen LogP contribution < -0.4 is 5.73 Å². The predicted molar refractivity (Wildman–Crippen MR) is 58.9 cm³/mol. The van der Waals surface area contributed by atoms with Gasteiger partial charge in [-0.1, -0.05) is 0 Å². The van der Waals surface area contributed by atoms with Crippen molar-refractivity contribution in [1.29, 1.82) is 0 Å². The lowest BCUT2D eigenvalue weighted by Gasteiger charge is -2.45. The van der Waals surface area contributed by atoms with Gasteiger partial charge < -0.3 is 15.2 Å². The summed E-state index contributed by atoms with van der Waals surface area (Å²) < 4.78 is 11.1. The molecule has 16 heavy (non-hydrogen) atoms. The summed E-state index contributed by atoms with van der Waals surface area (Å²) in [5.41, 5.74) is 5.26. The lowest BCUT2D eigenvalue weighted by atomic mass is 9.88. The van der Waals surface area contributed by atoms with Gasteiger partial charge in [0, 0.05) is 19.7 Å². The Balaban J connectivity index is 1.99. The van der Waals surface area contributed by atoms with Crippen LogP contribution in [0.15, 0.2) is 0 Å². The van der Waals surface area contributed by atoms with Crippen molar-refractivity contribution < 1.29 is 14.3 Å². The van der Waals surface area contributed by atoms with E-state index in [4.69, 9.17) is 15.2 Å². The van der Waals surface area contributed by atoms with Gasteiger partial charge in [0.05, 0.1) is 25.4 Å². The first kappa shape index (κ1) is 11.8. The molecule has 2 aliphatic rings. The number of carbonyl (C=O) groups excluding carboxylic acids is 1. The number of carbonyl (C=O) groups is 1. The molecule has 1 aliphatic heterocycles. The van der Waals surface area contributed by atoms with Gasteiger partial charge in [0.25, 0.3) is 0 Å². The predicted octanol–water partition coefficient (Wildman–Crippen LogP) is -0.260. The fourth-order valence-electron chi connectivity index (χ4n) is 2.76. The van der Waals surface area contributed by atoms with Gasteiger partial charge in [-0.2, -0.15) is 0 Å². The number of rotatable bonds is 3. The Morgan fingerprint density at radius 2 is 2.38 bits per heavy atom. The molecule has 3 atom stereocenters. The second kappa shape index (κ2) is 5.12. The van der Waals surface area contributed by atoms with E-state index < -0.39 is 0 Å². The summed E-state index contributed by atoms with van der Waals surface area (Å²) in [4.78, 5) is 13.1. The molecular weight excluding hydrogens is 208 g/mol. The Labute approximate surface area is 95.9 Å². The van der Waals surface area contributed by atoms with Gasteiger partial charge >= 0.3 is 0 Å². The van der Waals surface area contributed by atoms with Crippen LogP contribution in [0.5, 0.6) is 0 Å². The Kier molecular flexibility index (Phi) is 3.78. The first-order valence-electron chi connectivity index (χ1n) is 5.87. The van der Waals surface area contributed by atoms with Gasteiger partial charge in [0.2, 0.25) is 5.91 Å². The number of fused-ring (bicyclic) bond motifs is 1. The lowest BCUT2D eigenvalue weighted by molar-refractivity contribution is -0.132. The van der Waals surface area contributed by atoms with Crippen LogP contribution in [-0.2, 0) is 14.3 Å². The zero-order valence-electron chi connectivity index (χ0n) is 9.72. The highest BCUT2D eigenvalue weighted by atomic mass is 16.5. The minimum atomic E-state index is -0.264. The van der Waals surface area contributed by atoms with E-state index in [-0.39, 0.29) is 12.0 Å².